The molecular formula is C10H17F2NO3. The van der Waals surface area contributed by atoms with E-state index in [1.807, 2.05) is 0 Å². The molecule has 4 N–H and O–H groups in total. The van der Waals surface area contributed by atoms with E-state index in [1.165, 1.54) is 0 Å². The van der Waals surface area contributed by atoms with Crippen molar-refractivity contribution in [1.29, 1.82) is 0 Å². The molecule has 1 unspecified atom stereocenters. The molecule has 0 aromatic rings. The maximum Gasteiger partial charge on any atom is 0.308 e. The van der Waals surface area contributed by atoms with Crippen LogP contribution in [0.15, 0.2) is 0 Å². The lowest BCUT2D eigenvalue weighted by Gasteiger charge is -2.45. The van der Waals surface area contributed by atoms with Crippen molar-refractivity contribution in [3.05, 3.63) is 0 Å². The zero-order valence-corrected chi connectivity index (χ0v) is 9.12. The van der Waals surface area contributed by atoms with Gasteiger partial charge in [0.15, 0.2) is 0 Å². The van der Waals surface area contributed by atoms with Crippen molar-refractivity contribution in [3.63, 3.8) is 0 Å². The van der Waals surface area contributed by atoms with E-state index in [4.69, 9.17) is 10.8 Å². The van der Waals surface area contributed by atoms with Crippen molar-refractivity contribution < 1.29 is 23.8 Å². The second-order valence-electron chi connectivity index (χ2n) is 4.43. The fourth-order valence-electron chi connectivity index (χ4n) is 2.45. The topological polar surface area (TPSA) is 83.5 Å². The van der Waals surface area contributed by atoms with Crippen LogP contribution < -0.4 is 5.73 Å². The average Bonchev–Trinajstić information content (AvgIpc) is 2.14. The number of nitrogens with two attached hydrogens (primary N) is 1. The summed E-state index contributed by atoms with van der Waals surface area (Å²) in [6.07, 6.45) is -2.17. The molecule has 1 aliphatic carbocycles. The molecule has 0 spiro atoms. The summed E-state index contributed by atoms with van der Waals surface area (Å²) in [5.41, 5.74) is 3.99. The Hall–Kier alpha value is -0.750. The molecular weight excluding hydrogens is 220 g/mol. The number of alkyl halides is 2. The Kier molecular flexibility index (Phi) is 3.54. The summed E-state index contributed by atoms with van der Waals surface area (Å²) in [4.78, 5) is 11.0. The van der Waals surface area contributed by atoms with Gasteiger partial charge >= 0.3 is 5.97 Å². The standard InChI is InChI=1S/C10H17F2NO3/c1-2-6(7(14)15)9(13)4-3-5-10(11,12)8(9)16/h6,8,16H,2-5,13H2,1H3,(H,14,15)/t6?,8-,9+/m0/s1. The third-order valence-electron chi connectivity index (χ3n) is 3.38. The van der Waals surface area contributed by atoms with Gasteiger partial charge in [-0.15, -0.1) is 0 Å². The maximum atomic E-state index is 13.3. The van der Waals surface area contributed by atoms with E-state index < -0.39 is 35.9 Å². The summed E-state index contributed by atoms with van der Waals surface area (Å²) in [5.74, 6) is -5.68. The van der Waals surface area contributed by atoms with E-state index >= 15 is 0 Å². The first-order valence-electron chi connectivity index (χ1n) is 5.33. The Labute approximate surface area is 92.4 Å². The number of hydrogen-bond acceptors (Lipinski definition) is 3. The highest BCUT2D eigenvalue weighted by molar-refractivity contribution is 5.72. The van der Waals surface area contributed by atoms with Gasteiger partial charge < -0.3 is 15.9 Å². The smallest absolute Gasteiger partial charge is 0.308 e. The summed E-state index contributed by atoms with van der Waals surface area (Å²) in [6, 6.07) is 0. The fraction of sp³-hybridized carbons (Fsp3) is 0.900. The molecule has 0 saturated heterocycles. The predicted molar refractivity (Wildman–Crippen MR) is 53.1 cm³/mol. The third kappa shape index (κ3) is 2.04. The zero-order valence-electron chi connectivity index (χ0n) is 9.12. The van der Waals surface area contributed by atoms with E-state index in [-0.39, 0.29) is 19.3 Å². The van der Waals surface area contributed by atoms with Crippen LogP contribution >= 0.6 is 0 Å². The third-order valence-corrected chi connectivity index (χ3v) is 3.38. The highest BCUT2D eigenvalue weighted by atomic mass is 19.3. The number of halogens is 2. The summed E-state index contributed by atoms with van der Waals surface area (Å²) in [6.45, 7) is 1.56. The minimum atomic E-state index is -3.30. The van der Waals surface area contributed by atoms with Crippen LogP contribution in [0.25, 0.3) is 0 Å². The summed E-state index contributed by atoms with van der Waals surface area (Å²) >= 11 is 0. The van der Waals surface area contributed by atoms with Crippen LogP contribution in [0.3, 0.4) is 0 Å². The number of aliphatic hydroxyl groups is 1. The van der Waals surface area contributed by atoms with Crippen molar-refractivity contribution in [3.8, 4) is 0 Å². The van der Waals surface area contributed by atoms with Crippen LogP contribution in [0, 0.1) is 5.92 Å². The van der Waals surface area contributed by atoms with E-state index in [1.54, 1.807) is 6.92 Å². The Morgan fingerprint density at radius 1 is 1.56 bits per heavy atom. The van der Waals surface area contributed by atoms with Crippen LogP contribution in [-0.4, -0.2) is 33.7 Å². The number of rotatable bonds is 3. The average molecular weight is 237 g/mol. The molecule has 0 radical (unpaired) electrons. The molecule has 4 nitrogen and oxygen atoms in total. The van der Waals surface area contributed by atoms with Crippen molar-refractivity contribution in [1.82, 2.24) is 0 Å². The lowest BCUT2D eigenvalue weighted by Crippen LogP contribution is -2.66. The van der Waals surface area contributed by atoms with Crippen molar-refractivity contribution in [2.45, 2.75) is 50.2 Å². The molecule has 16 heavy (non-hydrogen) atoms. The van der Waals surface area contributed by atoms with Gasteiger partial charge in [0, 0.05) is 6.42 Å². The lowest BCUT2D eigenvalue weighted by molar-refractivity contribution is -0.181. The summed E-state index contributed by atoms with van der Waals surface area (Å²) < 4.78 is 26.7. The molecule has 94 valence electrons. The van der Waals surface area contributed by atoms with Crippen molar-refractivity contribution in [2.75, 3.05) is 0 Å². The van der Waals surface area contributed by atoms with Gasteiger partial charge in [0.25, 0.3) is 5.92 Å². The van der Waals surface area contributed by atoms with Crippen LogP contribution in [0.1, 0.15) is 32.6 Å². The molecule has 1 aliphatic rings. The minimum absolute atomic E-state index is 0.106. The highest BCUT2D eigenvalue weighted by Crippen LogP contribution is 2.42. The van der Waals surface area contributed by atoms with Crippen LogP contribution in [-0.2, 0) is 4.79 Å². The zero-order chi connectivity index (χ0) is 12.6. The van der Waals surface area contributed by atoms with Gasteiger partial charge in [-0.25, -0.2) is 8.78 Å². The van der Waals surface area contributed by atoms with Gasteiger partial charge in [-0.05, 0) is 19.3 Å². The number of carbonyl (C=O) groups is 1. The van der Waals surface area contributed by atoms with Gasteiger partial charge in [-0.2, -0.15) is 0 Å². The van der Waals surface area contributed by atoms with E-state index in [0.717, 1.165) is 0 Å². The largest absolute Gasteiger partial charge is 0.481 e. The first-order chi connectivity index (χ1) is 7.25. The summed E-state index contributed by atoms with van der Waals surface area (Å²) in [5, 5.41) is 18.5. The molecule has 6 heteroatoms. The molecule has 3 atom stereocenters. The molecule has 0 aromatic carbocycles. The van der Waals surface area contributed by atoms with E-state index in [0.29, 0.717) is 0 Å². The first kappa shape index (κ1) is 13.3. The monoisotopic (exact) mass is 237 g/mol. The molecule has 0 aromatic heterocycles. The normalized spacial score (nSPS) is 35.7. The first-order valence-corrected chi connectivity index (χ1v) is 5.33. The van der Waals surface area contributed by atoms with Crippen molar-refractivity contribution >= 4 is 5.97 Å². The van der Waals surface area contributed by atoms with E-state index in [2.05, 4.69) is 0 Å². The Morgan fingerprint density at radius 2 is 2.12 bits per heavy atom. The number of carboxylic acid groups (broad SMARTS) is 1. The van der Waals surface area contributed by atoms with Gasteiger partial charge in [-0.3, -0.25) is 4.79 Å². The highest BCUT2D eigenvalue weighted by Gasteiger charge is 2.57. The second-order valence-corrected chi connectivity index (χ2v) is 4.43. The quantitative estimate of drug-likeness (QED) is 0.683. The second kappa shape index (κ2) is 4.25. The molecule has 0 aliphatic heterocycles. The molecule has 0 heterocycles. The number of aliphatic hydroxyl groups excluding tert-OH is 1. The van der Waals surface area contributed by atoms with Crippen LogP contribution in [0.4, 0.5) is 8.78 Å². The molecule has 1 rings (SSSR count). The predicted octanol–water partition coefficient (Wildman–Crippen LogP) is 0.975. The van der Waals surface area contributed by atoms with Gasteiger partial charge in [-0.1, -0.05) is 6.92 Å². The molecule has 1 saturated carbocycles. The number of carboxylic acids is 1. The van der Waals surface area contributed by atoms with Crippen LogP contribution in [0.2, 0.25) is 0 Å². The minimum Gasteiger partial charge on any atom is -0.481 e. The molecule has 0 bridgehead atoms. The summed E-state index contributed by atoms with van der Waals surface area (Å²) in [7, 11) is 0. The lowest BCUT2D eigenvalue weighted by atomic mass is 9.69. The van der Waals surface area contributed by atoms with Crippen molar-refractivity contribution in [2.24, 2.45) is 11.7 Å². The van der Waals surface area contributed by atoms with Gasteiger partial charge in [0.1, 0.15) is 6.10 Å². The molecule has 0 amide bonds. The van der Waals surface area contributed by atoms with E-state index in [9.17, 15) is 18.7 Å². The van der Waals surface area contributed by atoms with Gasteiger partial charge in [0.2, 0.25) is 0 Å². The Morgan fingerprint density at radius 3 is 2.56 bits per heavy atom. The van der Waals surface area contributed by atoms with Gasteiger partial charge in [0.05, 0.1) is 11.5 Å². The maximum absolute atomic E-state index is 13.3. The Bertz CT molecular complexity index is 285. The molecule has 1 fully saturated rings. The fourth-order valence-corrected chi connectivity index (χ4v) is 2.45. The SMILES string of the molecule is CCC(C(=O)O)[C@]1(N)CCCC(F)(F)[C@H]1O. The number of hydrogen-bond donors (Lipinski definition) is 3. The van der Waals surface area contributed by atoms with Crippen LogP contribution in [0.5, 0.6) is 0 Å². The Balaban J connectivity index is 3.02. The number of aliphatic carboxylic acids is 1.